The van der Waals surface area contributed by atoms with Crippen LogP contribution in [0.2, 0.25) is 0 Å². The van der Waals surface area contributed by atoms with E-state index in [2.05, 4.69) is 21.4 Å². The highest BCUT2D eigenvalue weighted by molar-refractivity contribution is 7.22. The van der Waals surface area contributed by atoms with Gasteiger partial charge in [-0.25, -0.2) is 9.97 Å². The highest BCUT2D eigenvalue weighted by atomic mass is 32.1. The quantitative estimate of drug-likeness (QED) is 0.782. The van der Waals surface area contributed by atoms with Gasteiger partial charge in [-0.15, -0.1) is 0 Å². The number of aryl methyl sites for hydroxylation is 2. The molecule has 0 radical (unpaired) electrons. The van der Waals surface area contributed by atoms with Gasteiger partial charge in [-0.2, -0.15) is 0 Å². The SMILES string of the molecule is Cc1ccc2nc(NC(=O)c3cccc(C)n3)sc2c1. The first-order valence-corrected chi connectivity index (χ1v) is 7.06. The fourth-order valence-electron chi connectivity index (χ4n) is 1.92. The number of carbonyl (C=O) groups is 1. The molecule has 0 bridgehead atoms. The molecule has 100 valence electrons. The number of hydrogen-bond donors (Lipinski definition) is 1. The first-order chi connectivity index (χ1) is 9.61. The molecule has 2 aromatic heterocycles. The van der Waals surface area contributed by atoms with Crippen molar-refractivity contribution in [2.45, 2.75) is 13.8 Å². The molecule has 0 aliphatic carbocycles. The molecule has 3 aromatic rings. The van der Waals surface area contributed by atoms with Crippen molar-refractivity contribution in [3.63, 3.8) is 0 Å². The number of pyridine rings is 1. The molecule has 4 nitrogen and oxygen atoms in total. The smallest absolute Gasteiger partial charge is 0.276 e. The molecule has 0 unspecified atom stereocenters. The Morgan fingerprint density at radius 2 is 2.00 bits per heavy atom. The predicted molar refractivity (Wildman–Crippen MR) is 81.3 cm³/mol. The van der Waals surface area contributed by atoms with E-state index in [1.807, 2.05) is 38.1 Å². The topological polar surface area (TPSA) is 54.9 Å². The average Bonchev–Trinajstić information content (AvgIpc) is 2.80. The third-order valence-corrected chi connectivity index (χ3v) is 3.82. The van der Waals surface area contributed by atoms with Gasteiger partial charge in [0.05, 0.1) is 10.2 Å². The second-order valence-electron chi connectivity index (χ2n) is 4.61. The molecular formula is C15H13N3OS. The number of carbonyl (C=O) groups excluding carboxylic acids is 1. The Morgan fingerprint density at radius 1 is 1.15 bits per heavy atom. The van der Waals surface area contributed by atoms with Crippen LogP contribution in [0.5, 0.6) is 0 Å². The van der Waals surface area contributed by atoms with Gasteiger partial charge in [0.15, 0.2) is 5.13 Å². The fraction of sp³-hybridized carbons (Fsp3) is 0.133. The molecule has 0 aliphatic rings. The number of nitrogens with zero attached hydrogens (tertiary/aromatic N) is 2. The molecule has 1 aromatic carbocycles. The maximum absolute atomic E-state index is 12.1. The second kappa shape index (κ2) is 5.02. The van der Waals surface area contributed by atoms with Crippen LogP contribution in [0.25, 0.3) is 10.2 Å². The first kappa shape index (κ1) is 12.7. The summed E-state index contributed by atoms with van der Waals surface area (Å²) in [4.78, 5) is 20.7. The number of aromatic nitrogens is 2. The van der Waals surface area contributed by atoms with E-state index in [-0.39, 0.29) is 5.91 Å². The van der Waals surface area contributed by atoms with Crippen molar-refractivity contribution < 1.29 is 4.79 Å². The number of rotatable bonds is 2. The molecule has 20 heavy (non-hydrogen) atoms. The molecule has 1 amide bonds. The zero-order valence-corrected chi connectivity index (χ0v) is 12.0. The first-order valence-electron chi connectivity index (χ1n) is 6.24. The van der Waals surface area contributed by atoms with Crippen LogP contribution in [0.15, 0.2) is 36.4 Å². The standard InChI is InChI=1S/C15H13N3OS/c1-9-6-7-11-13(8-9)20-15(17-11)18-14(19)12-5-3-4-10(2)16-12/h3-8H,1-2H3,(H,17,18,19). The summed E-state index contributed by atoms with van der Waals surface area (Å²) in [5.41, 5.74) is 3.30. The predicted octanol–water partition coefficient (Wildman–Crippen LogP) is 3.56. The van der Waals surface area contributed by atoms with E-state index >= 15 is 0 Å². The van der Waals surface area contributed by atoms with Crippen LogP contribution in [-0.2, 0) is 0 Å². The monoisotopic (exact) mass is 283 g/mol. The maximum Gasteiger partial charge on any atom is 0.276 e. The summed E-state index contributed by atoms with van der Waals surface area (Å²) in [5, 5.41) is 3.40. The summed E-state index contributed by atoms with van der Waals surface area (Å²) in [6.45, 7) is 3.89. The highest BCUT2D eigenvalue weighted by Gasteiger charge is 2.11. The van der Waals surface area contributed by atoms with Crippen LogP contribution in [0.3, 0.4) is 0 Å². The molecule has 0 saturated heterocycles. The molecule has 0 spiro atoms. The molecule has 0 atom stereocenters. The van der Waals surface area contributed by atoms with Gasteiger partial charge in [0.25, 0.3) is 5.91 Å². The van der Waals surface area contributed by atoms with Crippen molar-refractivity contribution in [1.82, 2.24) is 9.97 Å². The van der Waals surface area contributed by atoms with Crippen molar-refractivity contribution in [1.29, 1.82) is 0 Å². The number of amides is 1. The second-order valence-corrected chi connectivity index (χ2v) is 5.64. The van der Waals surface area contributed by atoms with Crippen LogP contribution in [0.4, 0.5) is 5.13 Å². The minimum atomic E-state index is -0.232. The van der Waals surface area contributed by atoms with Crippen molar-refractivity contribution in [3.8, 4) is 0 Å². The van der Waals surface area contributed by atoms with Crippen molar-refractivity contribution in [3.05, 3.63) is 53.3 Å². The molecule has 0 aliphatic heterocycles. The summed E-state index contributed by atoms with van der Waals surface area (Å²) < 4.78 is 1.07. The number of benzene rings is 1. The Morgan fingerprint density at radius 3 is 2.80 bits per heavy atom. The van der Waals surface area contributed by atoms with Gasteiger partial charge in [-0.05, 0) is 43.7 Å². The van der Waals surface area contributed by atoms with Crippen molar-refractivity contribution >= 4 is 32.6 Å². The molecule has 0 fully saturated rings. The Balaban J connectivity index is 1.87. The Bertz CT molecular complexity index is 795. The van der Waals surface area contributed by atoms with Crippen molar-refractivity contribution in [2.24, 2.45) is 0 Å². The number of fused-ring (bicyclic) bond motifs is 1. The van der Waals surface area contributed by atoms with Gasteiger partial charge < -0.3 is 0 Å². The summed E-state index contributed by atoms with van der Waals surface area (Å²) in [7, 11) is 0. The summed E-state index contributed by atoms with van der Waals surface area (Å²) in [6, 6.07) is 11.4. The average molecular weight is 283 g/mol. The molecular weight excluding hydrogens is 270 g/mol. The summed E-state index contributed by atoms with van der Waals surface area (Å²) >= 11 is 1.47. The van der Waals surface area contributed by atoms with Crippen LogP contribution in [0, 0.1) is 13.8 Å². The van der Waals surface area contributed by atoms with Gasteiger partial charge in [-0.3, -0.25) is 10.1 Å². The fourth-order valence-corrected chi connectivity index (χ4v) is 2.88. The van der Waals surface area contributed by atoms with E-state index < -0.39 is 0 Å². The molecule has 0 saturated carbocycles. The van der Waals surface area contributed by atoms with Gasteiger partial charge >= 0.3 is 0 Å². The Kier molecular flexibility index (Phi) is 3.20. The minimum absolute atomic E-state index is 0.232. The zero-order chi connectivity index (χ0) is 14.1. The lowest BCUT2D eigenvalue weighted by molar-refractivity contribution is 0.102. The largest absolute Gasteiger partial charge is 0.296 e. The number of nitrogens with one attached hydrogen (secondary N) is 1. The van der Waals surface area contributed by atoms with E-state index in [0.717, 1.165) is 15.9 Å². The van der Waals surface area contributed by atoms with E-state index in [0.29, 0.717) is 10.8 Å². The lowest BCUT2D eigenvalue weighted by atomic mass is 10.2. The van der Waals surface area contributed by atoms with Crippen LogP contribution >= 0.6 is 11.3 Å². The van der Waals surface area contributed by atoms with Gasteiger partial charge in [0.2, 0.25) is 0 Å². The van der Waals surface area contributed by atoms with E-state index in [1.54, 1.807) is 6.07 Å². The normalized spacial score (nSPS) is 10.7. The third kappa shape index (κ3) is 2.53. The van der Waals surface area contributed by atoms with Gasteiger partial charge in [0, 0.05) is 5.69 Å². The van der Waals surface area contributed by atoms with Crippen LogP contribution < -0.4 is 5.32 Å². The maximum atomic E-state index is 12.1. The lowest BCUT2D eigenvalue weighted by Crippen LogP contribution is -2.13. The van der Waals surface area contributed by atoms with E-state index in [1.165, 1.54) is 16.9 Å². The molecule has 3 rings (SSSR count). The minimum Gasteiger partial charge on any atom is -0.296 e. The summed E-state index contributed by atoms with van der Waals surface area (Å²) in [6.07, 6.45) is 0. The van der Waals surface area contributed by atoms with Crippen LogP contribution in [0.1, 0.15) is 21.7 Å². The number of thiazole rings is 1. The van der Waals surface area contributed by atoms with E-state index in [9.17, 15) is 4.79 Å². The molecule has 1 N–H and O–H groups in total. The number of hydrogen-bond acceptors (Lipinski definition) is 4. The lowest BCUT2D eigenvalue weighted by Gasteiger charge is -2.01. The third-order valence-electron chi connectivity index (χ3n) is 2.89. The van der Waals surface area contributed by atoms with Crippen molar-refractivity contribution in [2.75, 3.05) is 5.32 Å². The Labute approximate surface area is 120 Å². The number of anilines is 1. The van der Waals surface area contributed by atoms with Gasteiger partial charge in [-0.1, -0.05) is 23.5 Å². The Hall–Kier alpha value is -2.27. The molecule has 2 heterocycles. The van der Waals surface area contributed by atoms with E-state index in [4.69, 9.17) is 0 Å². The highest BCUT2D eigenvalue weighted by Crippen LogP contribution is 2.26. The zero-order valence-electron chi connectivity index (χ0n) is 11.2. The summed E-state index contributed by atoms with van der Waals surface area (Å²) in [5.74, 6) is -0.232. The molecule has 5 heteroatoms. The van der Waals surface area contributed by atoms with Crippen LogP contribution in [-0.4, -0.2) is 15.9 Å². The van der Waals surface area contributed by atoms with Gasteiger partial charge in [0.1, 0.15) is 5.69 Å².